The molecule has 0 atom stereocenters. The van der Waals surface area contributed by atoms with Crippen LogP contribution in [0.3, 0.4) is 0 Å². The zero-order valence-corrected chi connectivity index (χ0v) is 17.3. The zero-order valence-electron chi connectivity index (χ0n) is 16.4. The molecule has 4 aromatic rings. The number of halogens is 2. The van der Waals surface area contributed by atoms with Crippen molar-refractivity contribution >= 4 is 22.8 Å². The van der Waals surface area contributed by atoms with Crippen LogP contribution in [-0.2, 0) is 6.54 Å². The molecule has 1 saturated heterocycles. The minimum Gasteiger partial charge on any atom is -0.415 e. The number of hydrogen-bond acceptors (Lipinski definition) is 6. The normalized spacial score (nSPS) is 15.2. The third kappa shape index (κ3) is 3.76. The van der Waals surface area contributed by atoms with Crippen LogP contribution >= 0.6 is 11.8 Å². The monoisotopic (exact) mass is 443 g/mol. The van der Waals surface area contributed by atoms with Crippen molar-refractivity contribution in [2.75, 3.05) is 11.5 Å². The number of nitrogens with zero attached hydrogens (tertiary/aromatic N) is 5. The molecule has 10 heteroatoms. The van der Waals surface area contributed by atoms with Crippen molar-refractivity contribution in [3.8, 4) is 11.5 Å². The summed E-state index contributed by atoms with van der Waals surface area (Å²) in [5, 5.41) is 6.97. The second-order valence-electron chi connectivity index (χ2n) is 7.36. The fraction of sp³-hybridized carbons (Fsp3) is 0.333. The number of imidazole rings is 1. The first-order valence-electron chi connectivity index (χ1n) is 9.96. The lowest BCUT2D eigenvalue weighted by molar-refractivity contribution is 0.116. The summed E-state index contributed by atoms with van der Waals surface area (Å²) in [6.07, 6.45) is 0.633. The van der Waals surface area contributed by atoms with Crippen molar-refractivity contribution in [3.63, 3.8) is 0 Å². The molecule has 5 rings (SSSR count). The van der Waals surface area contributed by atoms with Gasteiger partial charge in [0.15, 0.2) is 0 Å². The van der Waals surface area contributed by atoms with Gasteiger partial charge >= 0.3 is 12.1 Å². The minimum absolute atomic E-state index is 0.0155. The fourth-order valence-corrected chi connectivity index (χ4v) is 5.01. The maximum Gasteiger partial charge on any atom is 0.329 e. The molecular formula is C21H19F2N5O2S. The Morgan fingerprint density at radius 3 is 2.55 bits per heavy atom. The molecule has 7 nitrogen and oxygen atoms in total. The van der Waals surface area contributed by atoms with Gasteiger partial charge in [0.05, 0.1) is 28.8 Å². The van der Waals surface area contributed by atoms with Crippen molar-refractivity contribution in [2.45, 2.75) is 31.9 Å². The fourth-order valence-electron chi connectivity index (χ4n) is 3.93. The predicted molar refractivity (Wildman–Crippen MR) is 113 cm³/mol. The van der Waals surface area contributed by atoms with Gasteiger partial charge in [0.25, 0.3) is 5.89 Å². The summed E-state index contributed by atoms with van der Waals surface area (Å²) in [5.41, 5.74) is 2.88. The predicted octanol–water partition coefficient (Wildman–Crippen LogP) is 4.30. The van der Waals surface area contributed by atoms with E-state index in [4.69, 9.17) is 4.42 Å². The largest absolute Gasteiger partial charge is 0.415 e. The van der Waals surface area contributed by atoms with Gasteiger partial charge < -0.3 is 4.42 Å². The Hall–Kier alpha value is -3.01. The lowest BCUT2D eigenvalue weighted by Gasteiger charge is -2.22. The van der Waals surface area contributed by atoms with Crippen molar-refractivity contribution < 1.29 is 13.2 Å². The molecule has 1 aliphatic rings. The highest BCUT2D eigenvalue weighted by Crippen LogP contribution is 2.29. The second kappa shape index (κ2) is 8.26. The number of thioether (sulfide) groups is 1. The van der Waals surface area contributed by atoms with Gasteiger partial charge in [-0.1, -0.05) is 12.1 Å². The molecule has 31 heavy (non-hydrogen) atoms. The number of rotatable bonds is 5. The van der Waals surface area contributed by atoms with Crippen molar-refractivity contribution in [1.29, 1.82) is 0 Å². The van der Waals surface area contributed by atoms with Gasteiger partial charge in [-0.3, -0.25) is 14.1 Å². The maximum atomic E-state index is 13.3. The Labute approximate surface area is 180 Å². The quantitative estimate of drug-likeness (QED) is 0.458. The summed E-state index contributed by atoms with van der Waals surface area (Å²) < 4.78 is 33.9. The van der Waals surface area contributed by atoms with Crippen molar-refractivity contribution in [1.82, 2.24) is 24.3 Å². The molecule has 0 unspecified atom stereocenters. The van der Waals surface area contributed by atoms with Crippen LogP contribution in [0.15, 0.2) is 51.8 Å². The van der Waals surface area contributed by atoms with E-state index in [1.165, 1.54) is 6.20 Å². The molecule has 0 saturated carbocycles. The summed E-state index contributed by atoms with van der Waals surface area (Å²) >= 11 is 1.93. The van der Waals surface area contributed by atoms with E-state index in [0.29, 0.717) is 17.8 Å². The summed E-state index contributed by atoms with van der Waals surface area (Å²) in [6.45, 7) is 0.306. The molecule has 0 amide bonds. The third-order valence-electron chi connectivity index (χ3n) is 5.44. The molecule has 0 bridgehead atoms. The summed E-state index contributed by atoms with van der Waals surface area (Å²) in [4.78, 5) is 17.7. The van der Waals surface area contributed by atoms with Crippen LogP contribution in [0.2, 0.25) is 0 Å². The van der Waals surface area contributed by atoms with E-state index in [9.17, 15) is 13.6 Å². The summed E-state index contributed by atoms with van der Waals surface area (Å²) in [7, 11) is 0. The van der Waals surface area contributed by atoms with Gasteiger partial charge in [-0.25, -0.2) is 4.79 Å². The van der Waals surface area contributed by atoms with Crippen LogP contribution in [-0.4, -0.2) is 35.8 Å². The van der Waals surface area contributed by atoms with Gasteiger partial charge in [-0.2, -0.15) is 20.5 Å². The molecule has 1 aromatic carbocycles. The van der Waals surface area contributed by atoms with Gasteiger partial charge in [0.1, 0.15) is 0 Å². The van der Waals surface area contributed by atoms with Crippen LogP contribution in [0, 0.1) is 0 Å². The van der Waals surface area contributed by atoms with Gasteiger partial charge in [-0.15, -0.1) is 10.2 Å². The van der Waals surface area contributed by atoms with Crippen LogP contribution in [0.5, 0.6) is 0 Å². The Morgan fingerprint density at radius 2 is 1.87 bits per heavy atom. The number of hydrogen-bond donors (Lipinski definition) is 0. The number of benzene rings is 1. The van der Waals surface area contributed by atoms with E-state index in [1.54, 1.807) is 16.7 Å². The SMILES string of the molecule is O=c1n(Cc2ccc(-c3nnc(C(F)F)o3)cn2)c2ccccc2n1C1CCSCC1. The number of alkyl halides is 2. The highest BCUT2D eigenvalue weighted by molar-refractivity contribution is 7.99. The van der Waals surface area contributed by atoms with E-state index in [-0.39, 0.29) is 17.6 Å². The number of pyridine rings is 1. The second-order valence-corrected chi connectivity index (χ2v) is 8.58. The van der Waals surface area contributed by atoms with E-state index in [2.05, 4.69) is 15.2 Å². The summed E-state index contributed by atoms with van der Waals surface area (Å²) in [6, 6.07) is 11.4. The highest BCUT2D eigenvalue weighted by atomic mass is 32.2. The van der Waals surface area contributed by atoms with Crippen molar-refractivity contribution in [3.05, 3.63) is 64.7 Å². The minimum atomic E-state index is -2.82. The van der Waals surface area contributed by atoms with Crippen LogP contribution in [0.25, 0.3) is 22.5 Å². The average molecular weight is 443 g/mol. The first kappa shape index (κ1) is 19.9. The standard InChI is InChI=1S/C21H19F2N5O2S/c22-18(23)20-26-25-19(30-20)13-5-6-14(24-11-13)12-27-16-3-1-2-4-17(16)28(21(27)29)15-7-9-31-10-8-15/h1-6,11,15,18H,7-10,12H2. The van der Waals surface area contributed by atoms with Gasteiger partial charge in [0, 0.05) is 12.2 Å². The Morgan fingerprint density at radius 1 is 1.10 bits per heavy atom. The van der Waals surface area contributed by atoms with E-state index in [1.807, 2.05) is 40.6 Å². The molecule has 4 heterocycles. The van der Waals surface area contributed by atoms with Crippen LogP contribution < -0.4 is 5.69 Å². The smallest absolute Gasteiger partial charge is 0.329 e. The molecule has 1 fully saturated rings. The summed E-state index contributed by atoms with van der Waals surface area (Å²) in [5.74, 6) is 1.38. The van der Waals surface area contributed by atoms with Crippen LogP contribution in [0.4, 0.5) is 8.78 Å². The highest BCUT2D eigenvalue weighted by Gasteiger charge is 2.23. The lowest BCUT2D eigenvalue weighted by atomic mass is 10.1. The molecule has 0 radical (unpaired) electrons. The molecular weight excluding hydrogens is 424 g/mol. The topological polar surface area (TPSA) is 78.7 Å². The zero-order chi connectivity index (χ0) is 21.4. The van der Waals surface area contributed by atoms with Crippen molar-refractivity contribution in [2.24, 2.45) is 0 Å². The Balaban J connectivity index is 1.46. The third-order valence-corrected chi connectivity index (χ3v) is 6.49. The maximum absolute atomic E-state index is 13.3. The molecule has 160 valence electrons. The average Bonchev–Trinajstić information content (AvgIpc) is 3.39. The first-order valence-corrected chi connectivity index (χ1v) is 11.1. The van der Waals surface area contributed by atoms with Crippen LogP contribution in [0.1, 0.15) is 36.9 Å². The van der Waals surface area contributed by atoms with Gasteiger partial charge in [-0.05, 0) is 48.6 Å². The Bertz CT molecular complexity index is 1260. The Kier molecular flexibility index (Phi) is 5.31. The van der Waals surface area contributed by atoms with E-state index in [0.717, 1.165) is 35.4 Å². The number of para-hydroxylation sites is 2. The molecule has 3 aromatic heterocycles. The molecule has 0 N–H and O–H groups in total. The van der Waals surface area contributed by atoms with E-state index < -0.39 is 12.3 Å². The first-order chi connectivity index (χ1) is 15.1. The molecule has 1 aliphatic heterocycles. The molecule has 0 aliphatic carbocycles. The number of aromatic nitrogens is 5. The van der Waals surface area contributed by atoms with E-state index >= 15 is 0 Å². The van der Waals surface area contributed by atoms with Gasteiger partial charge in [0.2, 0.25) is 5.89 Å². The number of fused-ring (bicyclic) bond motifs is 1. The lowest BCUT2D eigenvalue weighted by Crippen LogP contribution is -2.29. The molecule has 0 spiro atoms.